The molecule has 0 saturated heterocycles. The van der Waals surface area contributed by atoms with Crippen LogP contribution in [0.5, 0.6) is 17.2 Å². The third-order valence-corrected chi connectivity index (χ3v) is 3.88. The molecule has 0 atom stereocenters. The van der Waals surface area contributed by atoms with E-state index in [9.17, 15) is 4.79 Å². The van der Waals surface area contributed by atoms with E-state index in [-0.39, 0.29) is 19.2 Å². The van der Waals surface area contributed by atoms with Gasteiger partial charge in [-0.15, -0.1) is 0 Å². The van der Waals surface area contributed by atoms with Gasteiger partial charge < -0.3 is 14.2 Å². The Bertz CT molecular complexity index is 810. The lowest BCUT2D eigenvalue weighted by atomic mass is 9.98. The number of hydrogen-bond acceptors (Lipinski definition) is 4. The summed E-state index contributed by atoms with van der Waals surface area (Å²) in [6.07, 6.45) is 1.77. The number of carbonyl (C=O) groups excluding carboxylic acids is 1. The molecule has 0 aromatic heterocycles. The minimum Gasteiger partial charge on any atom is -0.488 e. The van der Waals surface area contributed by atoms with Gasteiger partial charge in [0.15, 0.2) is 17.3 Å². The van der Waals surface area contributed by atoms with Crippen LogP contribution in [0.25, 0.3) is 6.08 Å². The summed E-state index contributed by atoms with van der Waals surface area (Å²) in [6, 6.07) is 10.8. The summed E-state index contributed by atoms with van der Waals surface area (Å²) in [7, 11) is 0. The lowest BCUT2D eigenvalue weighted by molar-refractivity contribution is 0.100. The number of ether oxygens (including phenoxy) is 3. The maximum Gasteiger partial charge on any atom is 0.231 e. The summed E-state index contributed by atoms with van der Waals surface area (Å²) >= 11 is 6.16. The standard InChI is InChI=1S/C17H11ClO4/c18-13-6-10(7-15-17(13)22-9-21-15)5-11-8-20-14-4-2-1-3-12(14)16(11)19/h1-7H,8-9H2/b11-5+. The summed E-state index contributed by atoms with van der Waals surface area (Å²) in [5, 5.41) is 0.464. The van der Waals surface area contributed by atoms with Crippen LogP contribution in [0, 0.1) is 0 Å². The molecule has 5 heteroatoms. The SMILES string of the molecule is O=C1/C(=C/c2cc(Cl)c3c(c2)OCO3)COc2ccccc21. The van der Waals surface area contributed by atoms with Crippen LogP contribution in [0.4, 0.5) is 0 Å². The van der Waals surface area contributed by atoms with Crippen molar-refractivity contribution in [1.29, 1.82) is 0 Å². The largest absolute Gasteiger partial charge is 0.488 e. The molecule has 0 spiro atoms. The zero-order valence-electron chi connectivity index (χ0n) is 11.5. The summed E-state index contributed by atoms with van der Waals surface area (Å²) in [4.78, 5) is 12.5. The summed E-state index contributed by atoms with van der Waals surface area (Å²) in [5.74, 6) is 1.72. The maximum absolute atomic E-state index is 12.5. The van der Waals surface area contributed by atoms with Gasteiger partial charge in [0.05, 0.1) is 10.6 Å². The fraction of sp³-hybridized carbons (Fsp3) is 0.118. The molecule has 0 radical (unpaired) electrons. The van der Waals surface area contributed by atoms with Crippen molar-refractivity contribution in [2.24, 2.45) is 0 Å². The van der Waals surface area contributed by atoms with E-state index in [2.05, 4.69) is 0 Å². The third kappa shape index (κ3) is 2.12. The topological polar surface area (TPSA) is 44.8 Å². The second-order valence-electron chi connectivity index (χ2n) is 5.02. The Morgan fingerprint density at radius 2 is 1.91 bits per heavy atom. The van der Waals surface area contributed by atoms with Crippen LogP contribution in [0.1, 0.15) is 15.9 Å². The number of Topliss-reactive ketones (excluding diaryl/α,β-unsaturated/α-hetero) is 1. The van der Waals surface area contributed by atoms with Crippen molar-refractivity contribution in [3.05, 3.63) is 58.1 Å². The molecule has 0 N–H and O–H groups in total. The molecular weight excluding hydrogens is 304 g/mol. The molecule has 2 aromatic carbocycles. The Morgan fingerprint density at radius 3 is 2.82 bits per heavy atom. The fourth-order valence-corrected chi connectivity index (χ4v) is 2.83. The van der Waals surface area contributed by atoms with E-state index >= 15 is 0 Å². The second kappa shape index (κ2) is 5.07. The van der Waals surface area contributed by atoms with E-state index in [0.29, 0.717) is 33.4 Å². The lowest BCUT2D eigenvalue weighted by Crippen LogP contribution is -2.18. The lowest BCUT2D eigenvalue weighted by Gasteiger charge is -2.18. The van der Waals surface area contributed by atoms with Gasteiger partial charge in [0, 0.05) is 5.57 Å². The van der Waals surface area contributed by atoms with E-state index in [1.165, 1.54) is 0 Å². The minimum absolute atomic E-state index is 0.0318. The molecule has 0 unspecified atom stereocenters. The van der Waals surface area contributed by atoms with Crippen LogP contribution in [0.3, 0.4) is 0 Å². The number of ketones is 1. The van der Waals surface area contributed by atoms with Gasteiger partial charge in [-0.3, -0.25) is 4.79 Å². The number of carbonyl (C=O) groups is 1. The number of rotatable bonds is 1. The van der Waals surface area contributed by atoms with Gasteiger partial charge in [-0.1, -0.05) is 23.7 Å². The smallest absolute Gasteiger partial charge is 0.231 e. The highest BCUT2D eigenvalue weighted by Crippen LogP contribution is 2.40. The van der Waals surface area contributed by atoms with Gasteiger partial charge in [0.1, 0.15) is 12.4 Å². The van der Waals surface area contributed by atoms with Crippen molar-refractivity contribution in [2.45, 2.75) is 0 Å². The molecule has 0 aliphatic carbocycles. The zero-order valence-corrected chi connectivity index (χ0v) is 12.2. The van der Waals surface area contributed by atoms with Crippen molar-refractivity contribution in [1.82, 2.24) is 0 Å². The Kier molecular flexibility index (Phi) is 3.05. The molecule has 110 valence electrons. The van der Waals surface area contributed by atoms with Crippen molar-refractivity contribution in [3.8, 4) is 17.2 Å². The van der Waals surface area contributed by atoms with Gasteiger partial charge in [0.2, 0.25) is 6.79 Å². The highest BCUT2D eigenvalue weighted by molar-refractivity contribution is 6.32. The van der Waals surface area contributed by atoms with E-state index in [0.717, 1.165) is 5.56 Å². The fourth-order valence-electron chi connectivity index (χ4n) is 2.55. The van der Waals surface area contributed by atoms with Gasteiger partial charge in [-0.05, 0) is 35.9 Å². The molecule has 22 heavy (non-hydrogen) atoms. The first-order valence-electron chi connectivity index (χ1n) is 6.78. The molecule has 0 fully saturated rings. The normalized spacial score (nSPS) is 17.3. The highest BCUT2D eigenvalue weighted by atomic mass is 35.5. The summed E-state index contributed by atoms with van der Waals surface area (Å²) in [5.41, 5.74) is 1.93. The van der Waals surface area contributed by atoms with Crippen LogP contribution in [-0.2, 0) is 0 Å². The molecular formula is C17H11ClO4. The van der Waals surface area contributed by atoms with Crippen LogP contribution < -0.4 is 14.2 Å². The Balaban J connectivity index is 1.73. The summed E-state index contributed by atoms with van der Waals surface area (Å²) in [6.45, 7) is 0.395. The van der Waals surface area contributed by atoms with E-state index in [1.807, 2.05) is 12.1 Å². The highest BCUT2D eigenvalue weighted by Gasteiger charge is 2.23. The monoisotopic (exact) mass is 314 g/mol. The Morgan fingerprint density at radius 1 is 1.05 bits per heavy atom. The van der Waals surface area contributed by atoms with Crippen LogP contribution in [0.2, 0.25) is 5.02 Å². The molecule has 4 nitrogen and oxygen atoms in total. The first-order chi connectivity index (χ1) is 10.7. The van der Waals surface area contributed by atoms with Crippen molar-refractivity contribution in [2.75, 3.05) is 13.4 Å². The molecule has 4 rings (SSSR count). The second-order valence-corrected chi connectivity index (χ2v) is 5.43. The van der Waals surface area contributed by atoms with Gasteiger partial charge in [0.25, 0.3) is 0 Å². The third-order valence-electron chi connectivity index (χ3n) is 3.60. The minimum atomic E-state index is -0.0318. The van der Waals surface area contributed by atoms with E-state index in [4.69, 9.17) is 25.8 Å². The number of benzene rings is 2. The van der Waals surface area contributed by atoms with Crippen LogP contribution in [-0.4, -0.2) is 19.2 Å². The maximum atomic E-state index is 12.5. The van der Waals surface area contributed by atoms with E-state index < -0.39 is 0 Å². The van der Waals surface area contributed by atoms with Gasteiger partial charge in [-0.25, -0.2) is 0 Å². The predicted octanol–water partition coefficient (Wildman–Crippen LogP) is 3.73. The molecule has 2 aliphatic heterocycles. The number of hydrogen-bond donors (Lipinski definition) is 0. The molecule has 0 amide bonds. The number of para-hydroxylation sites is 1. The molecule has 0 saturated carbocycles. The van der Waals surface area contributed by atoms with Gasteiger partial charge in [-0.2, -0.15) is 0 Å². The molecule has 2 heterocycles. The Hall–Kier alpha value is -2.46. The Labute approximate surface area is 131 Å². The van der Waals surface area contributed by atoms with E-state index in [1.54, 1.807) is 30.3 Å². The molecule has 2 aromatic rings. The molecule has 2 aliphatic rings. The first kappa shape index (κ1) is 13.2. The van der Waals surface area contributed by atoms with Crippen LogP contribution in [0.15, 0.2) is 42.0 Å². The number of halogens is 1. The average Bonchev–Trinajstić information content (AvgIpc) is 2.99. The van der Waals surface area contributed by atoms with Gasteiger partial charge >= 0.3 is 0 Å². The first-order valence-corrected chi connectivity index (χ1v) is 7.16. The van der Waals surface area contributed by atoms with Crippen molar-refractivity contribution < 1.29 is 19.0 Å². The van der Waals surface area contributed by atoms with Crippen molar-refractivity contribution >= 4 is 23.5 Å². The summed E-state index contributed by atoms with van der Waals surface area (Å²) < 4.78 is 16.2. The molecule has 0 bridgehead atoms. The van der Waals surface area contributed by atoms with Crippen LogP contribution >= 0.6 is 11.6 Å². The van der Waals surface area contributed by atoms with Crippen molar-refractivity contribution in [3.63, 3.8) is 0 Å². The predicted molar refractivity (Wildman–Crippen MR) is 81.8 cm³/mol. The quantitative estimate of drug-likeness (QED) is 0.752. The average molecular weight is 315 g/mol. The number of fused-ring (bicyclic) bond motifs is 2. The zero-order chi connectivity index (χ0) is 15.1.